The van der Waals surface area contributed by atoms with Crippen molar-refractivity contribution in [1.82, 2.24) is 9.78 Å². The third-order valence-electron chi connectivity index (χ3n) is 2.72. The van der Waals surface area contributed by atoms with Crippen LogP contribution in [0.5, 0.6) is 5.75 Å². The van der Waals surface area contributed by atoms with Crippen LogP contribution < -0.4 is 4.74 Å². The number of hydrogen-bond acceptors (Lipinski definition) is 3. The number of aromatic nitrogens is 2. The molecule has 1 aromatic heterocycles. The van der Waals surface area contributed by atoms with Crippen molar-refractivity contribution in [2.24, 2.45) is 7.05 Å². The molecule has 1 heterocycles. The standard InChI is InChI=1S/C14H16N2O3/c1-3-8-19-11-6-4-10(5-7-11)12-9-13(14(17)18)16(2)15-12/h4-7,9H,3,8H2,1-2H3,(H,17,18). The van der Waals surface area contributed by atoms with Crippen molar-refractivity contribution in [2.45, 2.75) is 13.3 Å². The number of ether oxygens (including phenoxy) is 1. The summed E-state index contributed by atoms with van der Waals surface area (Å²) in [6.07, 6.45) is 0.962. The van der Waals surface area contributed by atoms with Crippen molar-refractivity contribution >= 4 is 5.97 Å². The van der Waals surface area contributed by atoms with Gasteiger partial charge < -0.3 is 9.84 Å². The molecule has 5 nitrogen and oxygen atoms in total. The number of carboxylic acid groups (broad SMARTS) is 1. The first-order valence-electron chi connectivity index (χ1n) is 6.12. The Labute approximate surface area is 111 Å². The van der Waals surface area contributed by atoms with E-state index in [9.17, 15) is 4.79 Å². The summed E-state index contributed by atoms with van der Waals surface area (Å²) in [6, 6.07) is 9.03. The highest BCUT2D eigenvalue weighted by molar-refractivity contribution is 5.87. The lowest BCUT2D eigenvalue weighted by atomic mass is 10.1. The fourth-order valence-electron chi connectivity index (χ4n) is 1.75. The number of hydrogen-bond donors (Lipinski definition) is 1. The van der Waals surface area contributed by atoms with Crippen molar-refractivity contribution in [2.75, 3.05) is 6.61 Å². The quantitative estimate of drug-likeness (QED) is 0.897. The maximum absolute atomic E-state index is 11.0. The summed E-state index contributed by atoms with van der Waals surface area (Å²) >= 11 is 0. The van der Waals surface area contributed by atoms with Gasteiger partial charge in [0.05, 0.1) is 12.3 Å². The van der Waals surface area contributed by atoms with Crippen LogP contribution in [0.15, 0.2) is 30.3 Å². The number of benzene rings is 1. The number of rotatable bonds is 5. The predicted molar refractivity (Wildman–Crippen MR) is 71.4 cm³/mol. The van der Waals surface area contributed by atoms with Gasteiger partial charge in [-0.15, -0.1) is 0 Å². The zero-order valence-electron chi connectivity index (χ0n) is 11.0. The summed E-state index contributed by atoms with van der Waals surface area (Å²) < 4.78 is 6.85. The fraction of sp³-hybridized carbons (Fsp3) is 0.286. The van der Waals surface area contributed by atoms with Crippen LogP contribution in [0.4, 0.5) is 0 Å². The summed E-state index contributed by atoms with van der Waals surface area (Å²) in [5.41, 5.74) is 1.68. The molecule has 2 rings (SSSR count). The monoisotopic (exact) mass is 260 g/mol. The molecule has 0 fully saturated rings. The largest absolute Gasteiger partial charge is 0.494 e. The van der Waals surface area contributed by atoms with Crippen LogP contribution in [0.1, 0.15) is 23.8 Å². The molecule has 0 unspecified atom stereocenters. The van der Waals surface area contributed by atoms with Gasteiger partial charge in [-0.25, -0.2) is 4.79 Å². The number of aromatic carboxylic acids is 1. The second kappa shape index (κ2) is 5.56. The summed E-state index contributed by atoms with van der Waals surface area (Å²) in [4.78, 5) is 11.0. The molecule has 0 atom stereocenters. The number of nitrogens with zero attached hydrogens (tertiary/aromatic N) is 2. The van der Waals surface area contributed by atoms with Crippen LogP contribution in [-0.4, -0.2) is 27.5 Å². The van der Waals surface area contributed by atoms with E-state index >= 15 is 0 Å². The van der Waals surface area contributed by atoms with E-state index in [-0.39, 0.29) is 5.69 Å². The molecular weight excluding hydrogens is 244 g/mol. The number of carboxylic acids is 1. The van der Waals surface area contributed by atoms with Gasteiger partial charge in [-0.2, -0.15) is 5.10 Å². The van der Waals surface area contributed by atoms with Gasteiger partial charge in [-0.3, -0.25) is 4.68 Å². The molecule has 5 heteroatoms. The van der Waals surface area contributed by atoms with E-state index in [1.807, 2.05) is 24.3 Å². The Kier molecular flexibility index (Phi) is 3.85. The van der Waals surface area contributed by atoms with Gasteiger partial charge in [-0.05, 0) is 36.8 Å². The van der Waals surface area contributed by atoms with Gasteiger partial charge in [0.25, 0.3) is 0 Å². The molecule has 0 saturated carbocycles. The van der Waals surface area contributed by atoms with E-state index in [2.05, 4.69) is 12.0 Å². The van der Waals surface area contributed by atoms with Crippen molar-refractivity contribution in [3.8, 4) is 17.0 Å². The summed E-state index contributed by atoms with van der Waals surface area (Å²) in [7, 11) is 1.62. The third-order valence-corrected chi connectivity index (χ3v) is 2.72. The van der Waals surface area contributed by atoms with Gasteiger partial charge in [0, 0.05) is 12.6 Å². The molecule has 0 bridgehead atoms. The topological polar surface area (TPSA) is 64.3 Å². The zero-order chi connectivity index (χ0) is 13.8. The Hall–Kier alpha value is -2.30. The Balaban J connectivity index is 2.22. The van der Waals surface area contributed by atoms with E-state index in [4.69, 9.17) is 9.84 Å². The first kappa shape index (κ1) is 13.1. The highest BCUT2D eigenvalue weighted by atomic mass is 16.5. The lowest BCUT2D eigenvalue weighted by molar-refractivity contribution is 0.0685. The zero-order valence-corrected chi connectivity index (χ0v) is 11.0. The smallest absolute Gasteiger partial charge is 0.354 e. The van der Waals surface area contributed by atoms with Gasteiger partial charge in [-0.1, -0.05) is 6.92 Å². The van der Waals surface area contributed by atoms with E-state index in [0.29, 0.717) is 12.3 Å². The second-order valence-electron chi connectivity index (χ2n) is 4.22. The Morgan fingerprint density at radius 2 is 2.05 bits per heavy atom. The van der Waals surface area contributed by atoms with Crippen molar-refractivity contribution in [3.63, 3.8) is 0 Å². The van der Waals surface area contributed by atoms with Gasteiger partial charge in [0.1, 0.15) is 11.4 Å². The first-order valence-corrected chi connectivity index (χ1v) is 6.12. The van der Waals surface area contributed by atoms with E-state index < -0.39 is 5.97 Å². The fourth-order valence-corrected chi connectivity index (χ4v) is 1.75. The minimum absolute atomic E-state index is 0.168. The Bertz CT molecular complexity index is 573. The van der Waals surface area contributed by atoms with Gasteiger partial charge in [0.15, 0.2) is 0 Å². The lowest BCUT2D eigenvalue weighted by Gasteiger charge is -2.04. The normalized spacial score (nSPS) is 10.4. The number of aryl methyl sites for hydroxylation is 1. The molecule has 1 aromatic carbocycles. The molecule has 0 spiro atoms. The lowest BCUT2D eigenvalue weighted by Crippen LogP contribution is -2.04. The molecule has 2 aromatic rings. The average molecular weight is 260 g/mol. The number of carbonyl (C=O) groups is 1. The molecule has 0 aliphatic rings. The van der Waals surface area contributed by atoms with Crippen LogP contribution in [0, 0.1) is 0 Å². The molecule has 0 saturated heterocycles. The minimum Gasteiger partial charge on any atom is -0.494 e. The van der Waals surface area contributed by atoms with Crippen LogP contribution in [0.3, 0.4) is 0 Å². The third kappa shape index (κ3) is 2.93. The molecule has 0 aliphatic carbocycles. The molecule has 19 heavy (non-hydrogen) atoms. The molecule has 0 aliphatic heterocycles. The Morgan fingerprint density at radius 3 is 2.58 bits per heavy atom. The SMILES string of the molecule is CCCOc1ccc(-c2cc(C(=O)O)n(C)n2)cc1. The summed E-state index contributed by atoms with van der Waals surface area (Å²) in [6.45, 7) is 2.74. The molecule has 100 valence electrons. The van der Waals surface area contributed by atoms with Crippen molar-refractivity contribution < 1.29 is 14.6 Å². The average Bonchev–Trinajstić information content (AvgIpc) is 2.79. The molecule has 1 N–H and O–H groups in total. The van der Waals surface area contributed by atoms with E-state index in [0.717, 1.165) is 17.7 Å². The van der Waals surface area contributed by atoms with Gasteiger partial charge >= 0.3 is 5.97 Å². The van der Waals surface area contributed by atoms with Crippen molar-refractivity contribution in [3.05, 3.63) is 36.0 Å². The van der Waals surface area contributed by atoms with E-state index in [1.165, 1.54) is 4.68 Å². The predicted octanol–water partition coefficient (Wildman–Crippen LogP) is 2.57. The van der Waals surface area contributed by atoms with Crippen LogP contribution >= 0.6 is 0 Å². The Morgan fingerprint density at radius 1 is 1.37 bits per heavy atom. The molecule has 0 radical (unpaired) electrons. The summed E-state index contributed by atoms with van der Waals surface area (Å²) in [5, 5.41) is 13.2. The first-order chi connectivity index (χ1) is 9.11. The highest BCUT2D eigenvalue weighted by Gasteiger charge is 2.12. The highest BCUT2D eigenvalue weighted by Crippen LogP contribution is 2.22. The maximum Gasteiger partial charge on any atom is 0.354 e. The van der Waals surface area contributed by atoms with Gasteiger partial charge in [0.2, 0.25) is 0 Å². The minimum atomic E-state index is -0.982. The molecular formula is C14H16N2O3. The summed E-state index contributed by atoms with van der Waals surface area (Å²) in [5.74, 6) is -0.177. The second-order valence-corrected chi connectivity index (χ2v) is 4.22. The van der Waals surface area contributed by atoms with Crippen LogP contribution in [-0.2, 0) is 7.05 Å². The van der Waals surface area contributed by atoms with Crippen molar-refractivity contribution in [1.29, 1.82) is 0 Å². The molecule has 0 amide bonds. The van der Waals surface area contributed by atoms with E-state index in [1.54, 1.807) is 13.1 Å². The van der Waals surface area contributed by atoms with Crippen LogP contribution in [0.2, 0.25) is 0 Å². The van der Waals surface area contributed by atoms with Crippen LogP contribution in [0.25, 0.3) is 11.3 Å². The maximum atomic E-state index is 11.0.